The monoisotopic (exact) mass is 980 g/mol. The van der Waals surface area contributed by atoms with Gasteiger partial charge in [-0.15, -0.1) is 48.1 Å². The van der Waals surface area contributed by atoms with Crippen LogP contribution in [0.3, 0.4) is 0 Å². The molecule has 6 heteroatoms. The fraction of sp³-hybridized carbons (Fsp3) is 0.236. The van der Waals surface area contributed by atoms with Crippen LogP contribution in [0.2, 0.25) is 0 Å². The van der Waals surface area contributed by atoms with E-state index in [-0.39, 0.29) is 37.3 Å². The van der Waals surface area contributed by atoms with Gasteiger partial charge in [0.15, 0.2) is 0 Å². The molecule has 9 rings (SSSR count). The van der Waals surface area contributed by atoms with E-state index < -0.39 is 0 Å². The van der Waals surface area contributed by atoms with Crippen molar-refractivity contribution < 1.29 is 25.8 Å². The Morgan fingerprint density at radius 2 is 1.23 bits per heavy atom. The Labute approximate surface area is 376 Å². The predicted octanol–water partition coefficient (Wildman–Crippen LogP) is 14.8. The zero-order chi connectivity index (χ0) is 42.1. The number of ether oxygens (including phenoxy) is 1. The predicted molar refractivity (Wildman–Crippen MR) is 250 cm³/mol. The fourth-order valence-electron chi connectivity index (χ4n) is 8.21. The average Bonchev–Trinajstić information content (AvgIpc) is 3.76. The first-order valence-corrected chi connectivity index (χ1v) is 21.0. The average molecular weight is 981 g/mol. The molecule has 2 aromatic heterocycles. The number of benzene rings is 6. The zero-order valence-corrected chi connectivity index (χ0v) is 39.1. The summed E-state index contributed by atoms with van der Waals surface area (Å²) in [6, 6.07) is 52.5. The largest absolute Gasteiger partial charge is 0.509 e. The van der Waals surface area contributed by atoms with Crippen molar-refractivity contribution in [2.24, 2.45) is 0 Å². The van der Waals surface area contributed by atoms with E-state index in [0.29, 0.717) is 11.5 Å². The van der Waals surface area contributed by atoms with Gasteiger partial charge in [0, 0.05) is 61.3 Å². The third-order valence-electron chi connectivity index (χ3n) is 11.7. The normalized spacial score (nSPS) is 13.1. The third-order valence-corrected chi connectivity index (χ3v) is 11.7. The first kappa shape index (κ1) is 42.1. The van der Waals surface area contributed by atoms with Crippen LogP contribution in [0.15, 0.2) is 134 Å². The number of rotatable bonds is 6. The number of para-hydroxylation sites is 3. The van der Waals surface area contributed by atoms with Crippen LogP contribution >= 0.6 is 0 Å². The molecule has 312 valence electrons. The van der Waals surface area contributed by atoms with Gasteiger partial charge in [-0.1, -0.05) is 122 Å². The van der Waals surface area contributed by atoms with Crippen molar-refractivity contribution in [3.8, 4) is 28.4 Å². The molecule has 0 saturated heterocycles. The second kappa shape index (κ2) is 15.7. The second-order valence-corrected chi connectivity index (χ2v) is 19.2. The molecule has 0 spiro atoms. The molecule has 0 atom stereocenters. The maximum absolute atomic E-state index is 6.63. The summed E-state index contributed by atoms with van der Waals surface area (Å²) in [7, 11) is 0. The molecule has 0 unspecified atom stereocenters. The van der Waals surface area contributed by atoms with E-state index in [1.807, 2.05) is 24.4 Å². The molecule has 1 aliphatic heterocycles. The maximum atomic E-state index is 6.63. The summed E-state index contributed by atoms with van der Waals surface area (Å²) in [5.74, 6) is 2.04. The Hall–Kier alpha value is -5.64. The second-order valence-electron chi connectivity index (χ2n) is 19.2. The van der Waals surface area contributed by atoms with E-state index in [1.165, 1.54) is 27.8 Å². The Morgan fingerprint density at radius 1 is 0.574 bits per heavy atom. The Bertz CT molecular complexity index is 2890. The number of aromatic nitrogens is 2. The Kier molecular flexibility index (Phi) is 10.8. The summed E-state index contributed by atoms with van der Waals surface area (Å²) in [6.07, 6.45) is 1.91. The molecule has 0 saturated carbocycles. The van der Waals surface area contributed by atoms with Crippen molar-refractivity contribution in [3.63, 3.8) is 0 Å². The van der Waals surface area contributed by atoms with Gasteiger partial charge in [-0.05, 0) is 104 Å². The fourth-order valence-corrected chi connectivity index (χ4v) is 8.21. The van der Waals surface area contributed by atoms with Crippen LogP contribution in [0.5, 0.6) is 11.5 Å². The van der Waals surface area contributed by atoms with Gasteiger partial charge >= 0.3 is 0 Å². The molecule has 0 radical (unpaired) electrons. The Morgan fingerprint density at radius 3 is 1.92 bits per heavy atom. The van der Waals surface area contributed by atoms with Crippen molar-refractivity contribution in [3.05, 3.63) is 175 Å². The third kappa shape index (κ3) is 8.01. The molecule has 0 aliphatic carbocycles. The van der Waals surface area contributed by atoms with Gasteiger partial charge < -0.3 is 19.1 Å². The van der Waals surface area contributed by atoms with Crippen LogP contribution in [-0.4, -0.2) is 9.55 Å². The SMILES string of the molecule is Cc1cc(C(C)(C)C)ccc1-c1ccnc(-n2c3[c-]c(Oc4[c-]c(N5[CH-]N(c6cc(C(C)(C)C)cc(C(C)(C)C)c6)c6ccccc65)ccc4)ccc3c3ccccc32)c1.[Pt]. The minimum atomic E-state index is 0. The van der Waals surface area contributed by atoms with Gasteiger partial charge in [-0.25, -0.2) is 4.98 Å². The number of anilines is 4. The summed E-state index contributed by atoms with van der Waals surface area (Å²) in [5, 5.41) is 2.22. The quantitative estimate of drug-likeness (QED) is 0.156. The molecule has 0 N–H and O–H groups in total. The van der Waals surface area contributed by atoms with E-state index >= 15 is 0 Å². The number of nitrogens with zero attached hydrogens (tertiary/aromatic N) is 4. The maximum Gasteiger partial charge on any atom is 0.136 e. The molecule has 5 nitrogen and oxygen atoms in total. The van der Waals surface area contributed by atoms with Gasteiger partial charge in [0.1, 0.15) is 5.82 Å². The smallest absolute Gasteiger partial charge is 0.136 e. The van der Waals surface area contributed by atoms with E-state index in [1.54, 1.807) is 0 Å². The molecule has 8 aromatic rings. The number of aryl methyl sites for hydroxylation is 1. The van der Waals surface area contributed by atoms with Crippen molar-refractivity contribution in [1.29, 1.82) is 0 Å². The number of hydrogen-bond acceptors (Lipinski definition) is 4. The van der Waals surface area contributed by atoms with Crippen molar-refractivity contribution in [2.45, 2.75) is 85.5 Å². The van der Waals surface area contributed by atoms with Gasteiger partial charge in [0.25, 0.3) is 0 Å². The molecular formula is C55H53N4OPt-3. The topological polar surface area (TPSA) is 33.5 Å². The van der Waals surface area contributed by atoms with Crippen LogP contribution in [0, 0.1) is 25.7 Å². The van der Waals surface area contributed by atoms with E-state index in [4.69, 9.17) is 9.72 Å². The number of hydrogen-bond donors (Lipinski definition) is 0. The zero-order valence-electron chi connectivity index (χ0n) is 36.8. The van der Waals surface area contributed by atoms with E-state index in [0.717, 1.165) is 55.9 Å². The van der Waals surface area contributed by atoms with Gasteiger partial charge in [-0.2, -0.15) is 12.1 Å². The van der Waals surface area contributed by atoms with Crippen LogP contribution in [0.25, 0.3) is 38.8 Å². The van der Waals surface area contributed by atoms with E-state index in [9.17, 15) is 0 Å². The summed E-state index contributed by atoms with van der Waals surface area (Å²) in [5.41, 5.74) is 13.8. The van der Waals surface area contributed by atoms with Crippen LogP contribution in [-0.2, 0) is 37.3 Å². The van der Waals surface area contributed by atoms with Crippen molar-refractivity contribution in [2.75, 3.05) is 9.80 Å². The minimum Gasteiger partial charge on any atom is -0.509 e. The minimum absolute atomic E-state index is 0. The standard InChI is InChI=1S/C55H53N4O.Pt/c1-36-28-38(53(2,3)4)22-24-45(36)37-26-27-56-52(29-37)59-48-19-12-11-18-46(48)47-25-23-44(34-51(47)59)60-43-17-15-16-41(33-43)57-35-58(50-21-14-13-20-49(50)57)42-31-39(54(5,6)7)30-40(32-42)55(8,9)10;/h11-32,35H,1-10H3;/q-3;. The molecular weight excluding hydrogens is 928 g/mol. The van der Waals surface area contributed by atoms with Crippen LogP contribution < -0.4 is 14.5 Å². The first-order chi connectivity index (χ1) is 28.5. The van der Waals surface area contributed by atoms with Crippen LogP contribution in [0.4, 0.5) is 22.7 Å². The molecule has 61 heavy (non-hydrogen) atoms. The number of pyridine rings is 1. The van der Waals surface area contributed by atoms with Gasteiger partial charge in [0.05, 0.1) is 0 Å². The van der Waals surface area contributed by atoms with Crippen LogP contribution in [0.1, 0.15) is 84.6 Å². The molecule has 0 amide bonds. The summed E-state index contributed by atoms with van der Waals surface area (Å²) in [6.45, 7) is 24.8. The Balaban J connectivity index is 0.00000514. The summed E-state index contributed by atoms with van der Waals surface area (Å²) < 4.78 is 8.83. The van der Waals surface area contributed by atoms with Crippen molar-refractivity contribution >= 4 is 44.6 Å². The number of fused-ring (bicyclic) bond motifs is 4. The van der Waals surface area contributed by atoms with Crippen molar-refractivity contribution in [1.82, 2.24) is 9.55 Å². The molecule has 0 bridgehead atoms. The molecule has 3 heterocycles. The van der Waals surface area contributed by atoms with Gasteiger partial charge in [0.2, 0.25) is 0 Å². The molecule has 0 fully saturated rings. The summed E-state index contributed by atoms with van der Waals surface area (Å²) >= 11 is 0. The molecule has 1 aliphatic rings. The first-order valence-electron chi connectivity index (χ1n) is 21.0. The molecule has 6 aromatic carbocycles. The summed E-state index contributed by atoms with van der Waals surface area (Å²) in [4.78, 5) is 9.42. The van der Waals surface area contributed by atoms with E-state index in [2.05, 4.69) is 212 Å². The van der Waals surface area contributed by atoms with Gasteiger partial charge in [-0.3, -0.25) is 0 Å².